The Morgan fingerprint density at radius 3 is 2.52 bits per heavy atom. The smallest absolute Gasteiger partial charge is 0.305 e. The van der Waals surface area contributed by atoms with Crippen LogP contribution in [0.4, 0.5) is 0 Å². The third-order valence-corrected chi connectivity index (χ3v) is 5.07. The summed E-state index contributed by atoms with van der Waals surface area (Å²) < 4.78 is 5.79. The zero-order valence-electron chi connectivity index (χ0n) is 13.8. The second-order valence-electron chi connectivity index (χ2n) is 6.99. The molecule has 2 nitrogen and oxygen atoms in total. The van der Waals surface area contributed by atoms with Gasteiger partial charge in [-0.1, -0.05) is 64.4 Å². The zero-order chi connectivity index (χ0) is 15.5. The highest BCUT2D eigenvalue weighted by molar-refractivity contribution is 5.69. The van der Waals surface area contributed by atoms with E-state index in [9.17, 15) is 4.79 Å². The molecule has 0 heterocycles. The molecule has 0 spiro atoms. The van der Waals surface area contributed by atoms with Crippen molar-refractivity contribution in [3.8, 4) is 0 Å². The van der Waals surface area contributed by atoms with E-state index in [-0.39, 0.29) is 17.5 Å². The maximum Gasteiger partial charge on any atom is 0.305 e. The number of ether oxygens (including phenoxy) is 1. The van der Waals surface area contributed by atoms with Gasteiger partial charge in [0.15, 0.2) is 0 Å². The Hall–Kier alpha value is -1.31. The number of esters is 1. The van der Waals surface area contributed by atoms with E-state index in [1.807, 2.05) is 6.92 Å². The first kappa shape index (κ1) is 16.1. The van der Waals surface area contributed by atoms with Crippen LogP contribution >= 0.6 is 0 Å². The Balaban J connectivity index is 2.23. The fourth-order valence-corrected chi connectivity index (χ4v) is 3.62. The highest BCUT2D eigenvalue weighted by atomic mass is 16.5. The van der Waals surface area contributed by atoms with Gasteiger partial charge in [-0.05, 0) is 29.7 Å². The van der Waals surface area contributed by atoms with E-state index in [1.165, 1.54) is 12.0 Å². The summed E-state index contributed by atoms with van der Waals surface area (Å²) in [7, 11) is 0. The molecule has 0 aliphatic heterocycles. The van der Waals surface area contributed by atoms with Crippen LogP contribution in [0.5, 0.6) is 0 Å². The summed E-state index contributed by atoms with van der Waals surface area (Å²) in [5.41, 5.74) is 1.36. The number of hydrogen-bond donors (Lipinski definition) is 0. The van der Waals surface area contributed by atoms with Gasteiger partial charge in [0.2, 0.25) is 0 Å². The van der Waals surface area contributed by atoms with Crippen molar-refractivity contribution in [3.05, 3.63) is 35.9 Å². The Morgan fingerprint density at radius 1 is 1.24 bits per heavy atom. The number of carbonyl (C=O) groups excluding carboxylic acids is 1. The van der Waals surface area contributed by atoms with Gasteiger partial charge in [-0.15, -0.1) is 0 Å². The van der Waals surface area contributed by atoms with E-state index in [1.54, 1.807) is 0 Å². The molecule has 0 aromatic heterocycles. The normalized spacial score (nSPS) is 26.4. The van der Waals surface area contributed by atoms with Gasteiger partial charge in [0.1, 0.15) is 6.10 Å². The minimum atomic E-state index is -0.0667. The number of hydrogen-bond acceptors (Lipinski definition) is 2. The van der Waals surface area contributed by atoms with Crippen LogP contribution in [-0.4, -0.2) is 12.1 Å². The van der Waals surface area contributed by atoms with Crippen molar-refractivity contribution in [3.63, 3.8) is 0 Å². The zero-order valence-corrected chi connectivity index (χ0v) is 13.8. The predicted molar refractivity (Wildman–Crippen MR) is 86.1 cm³/mol. The average Bonchev–Trinajstić information content (AvgIpc) is 2.48. The van der Waals surface area contributed by atoms with Crippen LogP contribution in [0.1, 0.15) is 58.9 Å². The lowest BCUT2D eigenvalue weighted by atomic mass is 9.64. The first-order chi connectivity index (χ1) is 9.95. The van der Waals surface area contributed by atoms with Gasteiger partial charge in [0, 0.05) is 12.3 Å². The van der Waals surface area contributed by atoms with Crippen LogP contribution in [0.2, 0.25) is 0 Å². The van der Waals surface area contributed by atoms with E-state index >= 15 is 0 Å². The Labute approximate surface area is 128 Å². The van der Waals surface area contributed by atoms with Crippen molar-refractivity contribution in [2.75, 3.05) is 0 Å². The summed E-state index contributed by atoms with van der Waals surface area (Å²) in [4.78, 5) is 11.8. The molecule has 0 unspecified atom stereocenters. The SMILES string of the molecule is CCC(=O)O[C@@H]1C[C@H](C)CC[C@H]1C(C)(C)c1ccccc1. The van der Waals surface area contributed by atoms with Gasteiger partial charge in [0.25, 0.3) is 0 Å². The first-order valence-corrected chi connectivity index (χ1v) is 8.20. The van der Waals surface area contributed by atoms with Crippen molar-refractivity contribution in [2.24, 2.45) is 11.8 Å². The molecule has 1 aliphatic carbocycles. The molecule has 1 fully saturated rings. The number of benzene rings is 1. The lowest BCUT2D eigenvalue weighted by Gasteiger charge is -2.44. The van der Waals surface area contributed by atoms with Crippen LogP contribution in [0.25, 0.3) is 0 Å². The van der Waals surface area contributed by atoms with Crippen molar-refractivity contribution < 1.29 is 9.53 Å². The molecule has 1 aromatic carbocycles. The van der Waals surface area contributed by atoms with E-state index in [2.05, 4.69) is 51.1 Å². The van der Waals surface area contributed by atoms with E-state index in [4.69, 9.17) is 4.74 Å². The fourth-order valence-electron chi connectivity index (χ4n) is 3.62. The third kappa shape index (κ3) is 3.66. The highest BCUT2D eigenvalue weighted by Crippen LogP contribution is 2.43. The van der Waals surface area contributed by atoms with E-state index < -0.39 is 0 Å². The molecule has 0 saturated heterocycles. The summed E-state index contributed by atoms with van der Waals surface area (Å²) in [6.45, 7) is 8.70. The van der Waals surface area contributed by atoms with E-state index in [0.29, 0.717) is 18.3 Å². The minimum absolute atomic E-state index is 0.0279. The molecule has 0 N–H and O–H groups in total. The molecule has 1 saturated carbocycles. The Bertz CT molecular complexity index is 464. The second-order valence-corrected chi connectivity index (χ2v) is 6.99. The van der Waals surface area contributed by atoms with Crippen LogP contribution in [0, 0.1) is 11.8 Å². The topological polar surface area (TPSA) is 26.3 Å². The molecule has 0 bridgehead atoms. The van der Waals surface area contributed by atoms with Crippen LogP contribution in [-0.2, 0) is 14.9 Å². The lowest BCUT2D eigenvalue weighted by molar-refractivity contribution is -0.156. The molecule has 116 valence electrons. The summed E-state index contributed by atoms with van der Waals surface area (Å²) in [6, 6.07) is 10.6. The van der Waals surface area contributed by atoms with Gasteiger partial charge >= 0.3 is 5.97 Å². The van der Waals surface area contributed by atoms with Crippen molar-refractivity contribution >= 4 is 5.97 Å². The standard InChI is InChI=1S/C19H28O2/c1-5-18(20)21-17-13-14(2)11-12-16(17)19(3,4)15-9-7-6-8-10-15/h6-10,14,16-17H,5,11-13H2,1-4H3/t14-,16-,17-/m1/s1. The average molecular weight is 288 g/mol. The quantitative estimate of drug-likeness (QED) is 0.749. The molecule has 21 heavy (non-hydrogen) atoms. The lowest BCUT2D eigenvalue weighted by Crippen LogP contribution is -2.43. The maximum atomic E-state index is 11.8. The molecule has 0 amide bonds. The van der Waals surface area contributed by atoms with Crippen LogP contribution < -0.4 is 0 Å². The molecular formula is C19H28O2. The van der Waals surface area contributed by atoms with Crippen molar-refractivity contribution in [1.29, 1.82) is 0 Å². The summed E-state index contributed by atoms with van der Waals surface area (Å²) >= 11 is 0. The van der Waals surface area contributed by atoms with Gasteiger partial charge in [-0.2, -0.15) is 0 Å². The number of carbonyl (C=O) groups is 1. The summed E-state index contributed by atoms with van der Waals surface area (Å²) in [5.74, 6) is 0.969. The Kier molecular flexibility index (Phi) is 5.08. The molecule has 1 aromatic rings. The fraction of sp³-hybridized carbons (Fsp3) is 0.632. The molecule has 2 rings (SSSR count). The maximum absolute atomic E-state index is 11.8. The van der Waals surface area contributed by atoms with Gasteiger partial charge in [-0.3, -0.25) is 4.79 Å². The second kappa shape index (κ2) is 6.64. The molecular weight excluding hydrogens is 260 g/mol. The largest absolute Gasteiger partial charge is 0.462 e. The van der Waals surface area contributed by atoms with Gasteiger partial charge in [-0.25, -0.2) is 0 Å². The molecule has 1 aliphatic rings. The van der Waals surface area contributed by atoms with Crippen LogP contribution in [0.3, 0.4) is 0 Å². The minimum Gasteiger partial charge on any atom is -0.462 e. The predicted octanol–water partition coefficient (Wildman–Crippen LogP) is 4.72. The monoisotopic (exact) mass is 288 g/mol. The molecule has 3 atom stereocenters. The molecule has 2 heteroatoms. The summed E-state index contributed by atoms with van der Waals surface area (Å²) in [6.07, 6.45) is 3.86. The van der Waals surface area contributed by atoms with Gasteiger partial charge in [0.05, 0.1) is 0 Å². The van der Waals surface area contributed by atoms with Crippen molar-refractivity contribution in [2.45, 2.75) is 64.9 Å². The third-order valence-electron chi connectivity index (χ3n) is 5.07. The van der Waals surface area contributed by atoms with Gasteiger partial charge < -0.3 is 4.74 Å². The van der Waals surface area contributed by atoms with E-state index in [0.717, 1.165) is 12.8 Å². The highest BCUT2D eigenvalue weighted by Gasteiger charge is 2.41. The summed E-state index contributed by atoms with van der Waals surface area (Å²) in [5, 5.41) is 0. The first-order valence-electron chi connectivity index (χ1n) is 8.20. The molecule has 0 radical (unpaired) electrons. The number of rotatable bonds is 4. The Morgan fingerprint density at radius 2 is 1.90 bits per heavy atom. The van der Waals surface area contributed by atoms with Crippen LogP contribution in [0.15, 0.2) is 30.3 Å². The van der Waals surface area contributed by atoms with Crippen molar-refractivity contribution in [1.82, 2.24) is 0 Å².